The average Bonchev–Trinajstić information content (AvgIpc) is 2.36. The van der Waals surface area contributed by atoms with Crippen LogP contribution in [0.1, 0.15) is 66.7 Å². The summed E-state index contributed by atoms with van der Waals surface area (Å²) in [6.07, 6.45) is 7.37. The summed E-state index contributed by atoms with van der Waals surface area (Å²) in [6.45, 7) is 15.5. The molecule has 130 valence electrons. The number of piperidine rings is 1. The molecule has 0 unspecified atom stereocenters. The molecule has 0 aromatic carbocycles. The Morgan fingerprint density at radius 1 is 1.05 bits per heavy atom. The van der Waals surface area contributed by atoms with Gasteiger partial charge in [0.15, 0.2) is 0 Å². The van der Waals surface area contributed by atoms with Crippen molar-refractivity contribution in [3.63, 3.8) is 0 Å². The molecule has 0 spiro atoms. The number of hydrogen-bond acceptors (Lipinski definition) is 3. The van der Waals surface area contributed by atoms with E-state index in [9.17, 15) is 0 Å². The van der Waals surface area contributed by atoms with E-state index in [1.54, 1.807) is 0 Å². The van der Waals surface area contributed by atoms with Crippen LogP contribution in [0.25, 0.3) is 0 Å². The Hall–Kier alpha value is -0.120. The van der Waals surface area contributed by atoms with Crippen molar-refractivity contribution in [1.29, 1.82) is 0 Å². The molecule has 0 atom stereocenters. The average molecular weight is 312 g/mol. The molecule has 22 heavy (non-hydrogen) atoms. The van der Waals surface area contributed by atoms with Crippen LogP contribution < -0.4 is 0 Å². The van der Waals surface area contributed by atoms with E-state index in [0.717, 1.165) is 18.4 Å². The number of ether oxygens (including phenoxy) is 2. The lowest BCUT2D eigenvalue weighted by molar-refractivity contribution is -0.116. The first-order valence-electron chi connectivity index (χ1n) is 9.33. The Labute approximate surface area is 137 Å². The van der Waals surface area contributed by atoms with Crippen molar-refractivity contribution in [2.24, 2.45) is 11.8 Å². The van der Waals surface area contributed by atoms with Crippen molar-refractivity contribution in [3.05, 3.63) is 0 Å². The van der Waals surface area contributed by atoms with Crippen LogP contribution in [0, 0.1) is 11.8 Å². The van der Waals surface area contributed by atoms with Crippen molar-refractivity contribution < 1.29 is 9.47 Å². The van der Waals surface area contributed by atoms with E-state index in [1.165, 1.54) is 51.7 Å². The van der Waals surface area contributed by atoms with Crippen LogP contribution in [0.2, 0.25) is 0 Å². The van der Waals surface area contributed by atoms with E-state index < -0.39 is 0 Å². The minimum atomic E-state index is 0.0199. The monoisotopic (exact) mass is 311 g/mol. The Balaban J connectivity index is 1.53. The SMILES string of the molecule is CC(C)OCCC1CCN(C[C@H]2C[C@H](OC(C)(C)C)C2)CC1. The Kier molecular flexibility index (Phi) is 6.73. The molecule has 1 saturated carbocycles. The van der Waals surface area contributed by atoms with Crippen LogP contribution in [0.15, 0.2) is 0 Å². The fraction of sp³-hybridized carbons (Fsp3) is 1.00. The summed E-state index contributed by atoms with van der Waals surface area (Å²) >= 11 is 0. The molecule has 3 heteroatoms. The van der Waals surface area contributed by atoms with Crippen LogP contribution in [-0.2, 0) is 9.47 Å². The smallest absolute Gasteiger partial charge is 0.0602 e. The van der Waals surface area contributed by atoms with Gasteiger partial charge in [-0.05, 0) is 91.6 Å². The van der Waals surface area contributed by atoms with E-state index in [4.69, 9.17) is 9.47 Å². The van der Waals surface area contributed by atoms with Crippen LogP contribution in [-0.4, -0.2) is 49.0 Å². The minimum absolute atomic E-state index is 0.0199. The zero-order chi connectivity index (χ0) is 16.2. The van der Waals surface area contributed by atoms with E-state index in [1.807, 2.05) is 0 Å². The quantitative estimate of drug-likeness (QED) is 0.706. The number of likely N-dealkylation sites (tertiary alicyclic amines) is 1. The van der Waals surface area contributed by atoms with Gasteiger partial charge in [-0.1, -0.05) is 0 Å². The van der Waals surface area contributed by atoms with Crippen molar-refractivity contribution in [2.75, 3.05) is 26.2 Å². The normalized spacial score (nSPS) is 28.1. The lowest BCUT2D eigenvalue weighted by Gasteiger charge is -2.42. The van der Waals surface area contributed by atoms with Gasteiger partial charge in [0.05, 0.1) is 17.8 Å². The Morgan fingerprint density at radius 3 is 2.23 bits per heavy atom. The highest BCUT2D eigenvalue weighted by atomic mass is 16.5. The largest absolute Gasteiger partial charge is 0.379 e. The summed E-state index contributed by atoms with van der Waals surface area (Å²) in [5.74, 6) is 1.75. The summed E-state index contributed by atoms with van der Waals surface area (Å²) in [6, 6.07) is 0. The lowest BCUT2D eigenvalue weighted by atomic mass is 9.81. The zero-order valence-corrected chi connectivity index (χ0v) is 15.4. The van der Waals surface area contributed by atoms with Gasteiger partial charge in [0.2, 0.25) is 0 Å². The standard InChI is InChI=1S/C19H37NO2/c1-15(2)21-11-8-16-6-9-20(10-7-16)14-17-12-18(13-17)22-19(3,4)5/h15-18H,6-14H2,1-5H3/t17-,18-. The van der Waals surface area contributed by atoms with Crippen molar-refractivity contribution in [2.45, 2.75) is 84.5 Å². The van der Waals surface area contributed by atoms with Gasteiger partial charge in [-0.2, -0.15) is 0 Å². The lowest BCUT2D eigenvalue weighted by Crippen LogP contribution is -2.44. The highest BCUT2D eigenvalue weighted by Gasteiger charge is 2.34. The van der Waals surface area contributed by atoms with Crippen molar-refractivity contribution in [3.8, 4) is 0 Å². The maximum atomic E-state index is 6.04. The van der Waals surface area contributed by atoms with Gasteiger partial charge in [-0.3, -0.25) is 0 Å². The van der Waals surface area contributed by atoms with Gasteiger partial charge in [-0.25, -0.2) is 0 Å². The predicted octanol–water partition coefficient (Wildman–Crippen LogP) is 4.11. The summed E-state index contributed by atoms with van der Waals surface area (Å²) < 4.78 is 11.7. The summed E-state index contributed by atoms with van der Waals surface area (Å²) in [4.78, 5) is 2.68. The molecular weight excluding hydrogens is 274 g/mol. The zero-order valence-electron chi connectivity index (χ0n) is 15.4. The van der Waals surface area contributed by atoms with E-state index >= 15 is 0 Å². The van der Waals surface area contributed by atoms with Crippen molar-refractivity contribution in [1.82, 2.24) is 4.90 Å². The molecule has 3 nitrogen and oxygen atoms in total. The number of nitrogens with zero attached hydrogens (tertiary/aromatic N) is 1. The molecule has 2 fully saturated rings. The molecule has 0 N–H and O–H groups in total. The molecule has 2 rings (SSSR count). The highest BCUT2D eigenvalue weighted by Crippen LogP contribution is 2.34. The van der Waals surface area contributed by atoms with E-state index in [2.05, 4.69) is 39.5 Å². The molecule has 0 aromatic rings. The van der Waals surface area contributed by atoms with Gasteiger partial charge >= 0.3 is 0 Å². The van der Waals surface area contributed by atoms with Crippen LogP contribution in [0.3, 0.4) is 0 Å². The molecule has 0 radical (unpaired) electrons. The molecule has 1 heterocycles. The molecule has 1 saturated heterocycles. The maximum Gasteiger partial charge on any atom is 0.0602 e. The molecule has 1 aliphatic heterocycles. The summed E-state index contributed by atoms with van der Waals surface area (Å²) in [5, 5.41) is 0. The van der Waals surface area contributed by atoms with Gasteiger partial charge in [0.25, 0.3) is 0 Å². The minimum Gasteiger partial charge on any atom is -0.379 e. The molecular formula is C19H37NO2. The molecule has 0 aromatic heterocycles. The second kappa shape index (κ2) is 8.12. The fourth-order valence-electron chi connectivity index (χ4n) is 3.71. The number of rotatable bonds is 7. The first-order valence-corrected chi connectivity index (χ1v) is 9.33. The third-order valence-electron chi connectivity index (χ3n) is 4.91. The first kappa shape index (κ1) is 18.2. The van der Waals surface area contributed by atoms with Crippen LogP contribution in [0.4, 0.5) is 0 Å². The Bertz CT molecular complexity index is 310. The molecule has 2 aliphatic rings. The van der Waals surface area contributed by atoms with Crippen LogP contribution >= 0.6 is 0 Å². The third kappa shape index (κ3) is 6.55. The van der Waals surface area contributed by atoms with Crippen molar-refractivity contribution >= 4 is 0 Å². The second-order valence-electron chi connectivity index (χ2n) is 8.64. The van der Waals surface area contributed by atoms with Gasteiger partial charge in [0, 0.05) is 13.2 Å². The van der Waals surface area contributed by atoms with Gasteiger partial charge in [0.1, 0.15) is 0 Å². The third-order valence-corrected chi connectivity index (χ3v) is 4.91. The topological polar surface area (TPSA) is 21.7 Å². The second-order valence-corrected chi connectivity index (χ2v) is 8.64. The summed E-state index contributed by atoms with van der Waals surface area (Å²) in [7, 11) is 0. The van der Waals surface area contributed by atoms with Crippen LogP contribution in [0.5, 0.6) is 0 Å². The Morgan fingerprint density at radius 2 is 1.68 bits per heavy atom. The van der Waals surface area contributed by atoms with E-state index in [-0.39, 0.29) is 5.60 Å². The first-order chi connectivity index (χ1) is 10.3. The molecule has 0 amide bonds. The molecule has 0 bridgehead atoms. The summed E-state index contributed by atoms with van der Waals surface area (Å²) in [5.41, 5.74) is 0.0199. The van der Waals surface area contributed by atoms with E-state index in [0.29, 0.717) is 12.2 Å². The number of hydrogen-bond donors (Lipinski definition) is 0. The highest BCUT2D eigenvalue weighted by molar-refractivity contribution is 4.85. The molecule has 1 aliphatic carbocycles. The fourth-order valence-corrected chi connectivity index (χ4v) is 3.71. The maximum absolute atomic E-state index is 6.04. The van der Waals surface area contributed by atoms with Gasteiger partial charge < -0.3 is 14.4 Å². The van der Waals surface area contributed by atoms with Gasteiger partial charge in [-0.15, -0.1) is 0 Å². The predicted molar refractivity (Wildman–Crippen MR) is 92.2 cm³/mol.